The van der Waals surface area contributed by atoms with E-state index in [9.17, 15) is 23.2 Å². The topological polar surface area (TPSA) is 129 Å². The van der Waals surface area contributed by atoms with E-state index in [1.807, 2.05) is 5.32 Å². The molecule has 0 radical (unpaired) electrons. The average molecular weight is 380 g/mol. The molecule has 3 amide bonds. The number of carbonyl (C=O) groups is 3. The summed E-state index contributed by atoms with van der Waals surface area (Å²) in [5, 5.41) is 13.8. The fourth-order valence-corrected chi connectivity index (χ4v) is 2.57. The molecule has 1 atom stereocenters. The van der Waals surface area contributed by atoms with Crippen LogP contribution in [0.1, 0.15) is 0 Å². The van der Waals surface area contributed by atoms with Gasteiger partial charge in [-0.1, -0.05) is 11.8 Å². The summed E-state index contributed by atoms with van der Waals surface area (Å²) in [6.45, 7) is 0. The molecule has 26 heavy (non-hydrogen) atoms. The van der Waals surface area contributed by atoms with Crippen molar-refractivity contribution in [2.45, 2.75) is 0 Å². The number of hydrogen-bond acceptors (Lipinski definition) is 6. The molecule has 134 valence electrons. The zero-order chi connectivity index (χ0) is 18.8. The van der Waals surface area contributed by atoms with E-state index in [0.717, 1.165) is 17.8 Å². The Morgan fingerprint density at radius 2 is 2.04 bits per heavy atom. The van der Waals surface area contributed by atoms with Gasteiger partial charge in [0.15, 0.2) is 22.7 Å². The molecule has 3 N–H and O–H groups in total. The molecule has 0 bridgehead atoms. The zero-order valence-corrected chi connectivity index (χ0v) is 13.9. The predicted octanol–water partition coefficient (Wildman–Crippen LogP) is 0.680. The first-order chi connectivity index (χ1) is 12.4. The number of aromatic amines is 1. The van der Waals surface area contributed by atoms with Crippen LogP contribution in [-0.2, 0) is 14.4 Å². The van der Waals surface area contributed by atoms with Gasteiger partial charge in [-0.2, -0.15) is 20.4 Å². The molecule has 1 aliphatic rings. The van der Waals surface area contributed by atoms with Crippen molar-refractivity contribution in [2.24, 2.45) is 10.9 Å². The molecule has 1 aromatic heterocycles. The molecule has 0 aliphatic carbocycles. The van der Waals surface area contributed by atoms with Gasteiger partial charge < -0.3 is 10.6 Å². The maximum Gasteiger partial charge on any atom is 0.270 e. The van der Waals surface area contributed by atoms with Gasteiger partial charge >= 0.3 is 0 Å². The Morgan fingerprint density at radius 1 is 1.27 bits per heavy atom. The highest BCUT2D eigenvalue weighted by atomic mass is 32.2. The third-order valence-corrected chi connectivity index (χ3v) is 4.02. The number of nitrogens with one attached hydrogen (secondary N) is 3. The summed E-state index contributed by atoms with van der Waals surface area (Å²) in [4.78, 5) is 39.5. The summed E-state index contributed by atoms with van der Waals surface area (Å²) in [6, 6.07) is 2.26. The van der Waals surface area contributed by atoms with E-state index in [2.05, 4.69) is 25.7 Å². The predicted molar refractivity (Wildman–Crippen MR) is 88.0 cm³/mol. The Bertz CT molecular complexity index is 931. The van der Waals surface area contributed by atoms with E-state index in [-0.39, 0.29) is 16.4 Å². The highest BCUT2D eigenvalue weighted by molar-refractivity contribution is 8.13. The van der Waals surface area contributed by atoms with E-state index in [4.69, 9.17) is 0 Å². The smallest absolute Gasteiger partial charge is 0.270 e. The monoisotopic (exact) mass is 380 g/mol. The van der Waals surface area contributed by atoms with Crippen LogP contribution in [0.15, 0.2) is 23.3 Å². The number of aromatic nitrogens is 3. The Kier molecular flexibility index (Phi) is 4.75. The average Bonchev–Trinajstić information content (AvgIpc) is 3.12. The molecule has 0 saturated carbocycles. The summed E-state index contributed by atoms with van der Waals surface area (Å²) < 4.78 is 28.4. The minimum atomic E-state index is -1.79. The molecule has 12 heteroatoms. The van der Waals surface area contributed by atoms with Crippen LogP contribution in [-0.4, -0.2) is 44.6 Å². The van der Waals surface area contributed by atoms with Crippen molar-refractivity contribution in [1.29, 1.82) is 0 Å². The number of aliphatic imine (C=N–C) groups is 1. The lowest BCUT2D eigenvalue weighted by atomic mass is 10.1. The van der Waals surface area contributed by atoms with Crippen molar-refractivity contribution in [2.75, 3.05) is 11.6 Å². The van der Waals surface area contributed by atoms with Gasteiger partial charge in [-0.25, -0.2) is 8.78 Å². The van der Waals surface area contributed by atoms with Crippen LogP contribution in [0.5, 0.6) is 0 Å². The molecule has 1 aliphatic heterocycles. The number of benzene rings is 1. The first-order valence-corrected chi connectivity index (χ1v) is 8.27. The molecule has 0 fully saturated rings. The number of hydrogen-bond donors (Lipinski definition) is 3. The lowest BCUT2D eigenvalue weighted by Gasteiger charge is -2.18. The number of rotatable bonds is 3. The number of amidine groups is 1. The highest BCUT2D eigenvalue weighted by Crippen LogP contribution is 2.27. The molecule has 1 unspecified atom stereocenters. The molecule has 2 aromatic rings. The molecule has 1 aromatic carbocycles. The van der Waals surface area contributed by atoms with Crippen LogP contribution >= 0.6 is 11.8 Å². The van der Waals surface area contributed by atoms with Crippen LogP contribution in [0.4, 0.5) is 14.5 Å². The van der Waals surface area contributed by atoms with Crippen molar-refractivity contribution < 1.29 is 23.2 Å². The van der Waals surface area contributed by atoms with Gasteiger partial charge in [0.05, 0.1) is 11.9 Å². The van der Waals surface area contributed by atoms with Gasteiger partial charge in [0.2, 0.25) is 11.8 Å². The Labute approximate surface area is 148 Å². The van der Waals surface area contributed by atoms with Crippen molar-refractivity contribution in [3.8, 4) is 11.3 Å². The SMILES string of the molecule is CSC1=NC(=O)C(C(=O)Nc2ccc(-c3cn[nH]n3)c(F)c2F)C(=O)N1. The number of anilines is 1. The summed E-state index contributed by atoms with van der Waals surface area (Å²) in [7, 11) is 0. The van der Waals surface area contributed by atoms with Gasteiger partial charge in [0, 0.05) is 5.56 Å². The largest absolute Gasteiger partial charge is 0.322 e. The minimum absolute atomic E-state index is 0.0539. The second kappa shape index (κ2) is 7.00. The van der Waals surface area contributed by atoms with Gasteiger partial charge in [-0.15, -0.1) is 0 Å². The molecule has 0 spiro atoms. The zero-order valence-electron chi connectivity index (χ0n) is 13.0. The first kappa shape index (κ1) is 17.7. The summed E-state index contributed by atoms with van der Waals surface area (Å²) >= 11 is 1.02. The summed E-state index contributed by atoms with van der Waals surface area (Å²) in [6.07, 6.45) is 2.78. The third-order valence-electron chi connectivity index (χ3n) is 3.44. The summed E-state index contributed by atoms with van der Waals surface area (Å²) in [5.74, 6) is -7.43. The van der Waals surface area contributed by atoms with Crippen molar-refractivity contribution >= 4 is 40.3 Å². The number of carbonyl (C=O) groups excluding carboxylic acids is 3. The molecule has 0 saturated heterocycles. The van der Waals surface area contributed by atoms with E-state index in [1.165, 1.54) is 12.3 Å². The van der Waals surface area contributed by atoms with Crippen LogP contribution in [0, 0.1) is 17.6 Å². The standard InChI is InChI=1S/C14H10F2N6O3S/c1-26-14-19-12(24)8(13(25)20-14)11(23)18-6-3-2-5(9(15)10(6)16)7-4-17-22-21-7/h2-4,8H,1H3,(H,18,23)(H,17,21,22)(H,19,20,24,25). The molecule has 9 nitrogen and oxygen atoms in total. The van der Waals surface area contributed by atoms with Crippen LogP contribution in [0.25, 0.3) is 11.3 Å². The maximum absolute atomic E-state index is 14.2. The minimum Gasteiger partial charge on any atom is -0.322 e. The summed E-state index contributed by atoms with van der Waals surface area (Å²) in [5.41, 5.74) is -0.630. The fourth-order valence-electron chi connectivity index (χ4n) is 2.19. The Balaban J connectivity index is 1.84. The van der Waals surface area contributed by atoms with Crippen molar-refractivity contribution in [3.63, 3.8) is 0 Å². The van der Waals surface area contributed by atoms with Crippen LogP contribution < -0.4 is 10.6 Å². The Morgan fingerprint density at radius 3 is 2.65 bits per heavy atom. The normalized spacial score (nSPS) is 16.9. The highest BCUT2D eigenvalue weighted by Gasteiger charge is 2.38. The van der Waals surface area contributed by atoms with Gasteiger partial charge in [-0.3, -0.25) is 14.4 Å². The first-order valence-electron chi connectivity index (χ1n) is 7.04. The molecule has 2 heterocycles. The number of nitrogens with zero attached hydrogens (tertiary/aromatic N) is 3. The van der Waals surface area contributed by atoms with Crippen molar-refractivity contribution in [1.82, 2.24) is 20.7 Å². The number of halogens is 2. The lowest BCUT2D eigenvalue weighted by molar-refractivity contribution is -0.139. The van der Waals surface area contributed by atoms with Gasteiger partial charge in [0.1, 0.15) is 5.69 Å². The quantitative estimate of drug-likeness (QED) is 0.672. The fraction of sp³-hybridized carbons (Fsp3) is 0.143. The van der Waals surface area contributed by atoms with E-state index >= 15 is 0 Å². The number of thioether (sulfide) groups is 1. The molecular weight excluding hydrogens is 370 g/mol. The van der Waals surface area contributed by atoms with Gasteiger partial charge in [0.25, 0.3) is 5.91 Å². The van der Waals surface area contributed by atoms with E-state index in [0.29, 0.717) is 0 Å². The van der Waals surface area contributed by atoms with Crippen molar-refractivity contribution in [3.05, 3.63) is 30.0 Å². The van der Waals surface area contributed by atoms with E-state index in [1.54, 1.807) is 6.26 Å². The van der Waals surface area contributed by atoms with E-state index < -0.39 is 41.0 Å². The lowest BCUT2D eigenvalue weighted by Crippen LogP contribution is -2.48. The van der Waals surface area contributed by atoms with Crippen LogP contribution in [0.3, 0.4) is 0 Å². The number of amides is 3. The second-order valence-corrected chi connectivity index (χ2v) is 5.81. The number of H-pyrrole nitrogens is 1. The van der Waals surface area contributed by atoms with Gasteiger partial charge in [-0.05, 0) is 18.4 Å². The maximum atomic E-state index is 14.2. The third kappa shape index (κ3) is 3.18. The van der Waals surface area contributed by atoms with Crippen LogP contribution in [0.2, 0.25) is 0 Å². The molecule has 3 rings (SSSR count). The second-order valence-electron chi connectivity index (χ2n) is 5.01. The molecular formula is C14H10F2N6O3S. The Hall–Kier alpha value is -3.15.